The van der Waals surface area contributed by atoms with E-state index in [0.29, 0.717) is 15.8 Å². The second-order valence-electron chi connectivity index (χ2n) is 9.46. The van der Waals surface area contributed by atoms with Gasteiger partial charge in [-0.25, -0.2) is 0 Å². The molecular weight excluding hydrogens is 555 g/mol. The van der Waals surface area contributed by atoms with E-state index in [1.807, 2.05) is 12.1 Å². The average Bonchev–Trinajstić information content (AvgIpc) is 2.93. The maximum atomic E-state index is 5.83. The molecule has 0 aromatic heterocycles. The van der Waals surface area contributed by atoms with Crippen LogP contribution < -0.4 is 9.47 Å². The van der Waals surface area contributed by atoms with Gasteiger partial charge in [0.15, 0.2) is 0 Å². The van der Waals surface area contributed by atoms with Gasteiger partial charge in [-0.1, -0.05) is 121 Å². The number of rotatable bonds is 10. The summed E-state index contributed by atoms with van der Waals surface area (Å²) < 4.78 is 11.8. The quantitative estimate of drug-likeness (QED) is 0.136. The normalized spacial score (nSPS) is 13.6. The summed E-state index contributed by atoms with van der Waals surface area (Å²) in [4.78, 5) is 0. The highest BCUT2D eigenvalue weighted by atomic mass is 127. The first kappa shape index (κ1) is 26.3. The number of hydrogen-bond acceptors (Lipinski definition) is 2. The summed E-state index contributed by atoms with van der Waals surface area (Å²) in [6.07, 6.45) is 1.89. The van der Waals surface area contributed by atoms with Crippen molar-refractivity contribution in [2.45, 2.75) is 42.4 Å². The molecule has 4 aromatic carbocycles. The lowest BCUT2D eigenvalue weighted by Gasteiger charge is -2.19. The lowest BCUT2D eigenvalue weighted by Crippen LogP contribution is -2.04. The maximum Gasteiger partial charge on any atom is 0.122 e. The first-order valence-electron chi connectivity index (χ1n) is 12.6. The van der Waals surface area contributed by atoms with Crippen molar-refractivity contribution in [3.8, 4) is 11.5 Å². The minimum absolute atomic E-state index is 0.327. The highest BCUT2D eigenvalue weighted by Gasteiger charge is 2.17. The largest absolute Gasteiger partial charge is 0.496 e. The molecule has 0 heterocycles. The van der Waals surface area contributed by atoms with Gasteiger partial charge in [-0.05, 0) is 64.3 Å². The molecule has 0 aliphatic heterocycles. The Bertz CT molecular complexity index is 1250. The monoisotopic (exact) mass is 590 g/mol. The van der Waals surface area contributed by atoms with Crippen LogP contribution in [0.4, 0.5) is 0 Å². The second kappa shape index (κ2) is 12.4. The fourth-order valence-electron chi connectivity index (χ4n) is 4.84. The van der Waals surface area contributed by atoms with Crippen LogP contribution in [0.1, 0.15) is 63.0 Å². The fraction of sp³-hybridized carbons (Fsp3) is 0.273. The number of para-hydroxylation sites is 1. The zero-order chi connectivity index (χ0) is 25.5. The van der Waals surface area contributed by atoms with Gasteiger partial charge in [0.05, 0.1) is 14.2 Å². The Morgan fingerprint density at radius 1 is 0.639 bits per heavy atom. The number of methoxy groups -OCH3 is 2. The Labute approximate surface area is 229 Å². The van der Waals surface area contributed by atoms with Crippen molar-refractivity contribution in [1.82, 2.24) is 0 Å². The molecule has 0 saturated heterocycles. The van der Waals surface area contributed by atoms with Crippen molar-refractivity contribution in [2.24, 2.45) is 0 Å². The van der Waals surface area contributed by atoms with E-state index < -0.39 is 0 Å². The summed E-state index contributed by atoms with van der Waals surface area (Å²) in [7, 11) is 3.50. The van der Waals surface area contributed by atoms with E-state index in [4.69, 9.17) is 9.47 Å². The van der Waals surface area contributed by atoms with Gasteiger partial charge >= 0.3 is 0 Å². The molecule has 0 spiro atoms. The van der Waals surface area contributed by atoms with Crippen LogP contribution in [0.15, 0.2) is 97.1 Å². The van der Waals surface area contributed by atoms with Gasteiger partial charge in [-0.15, -0.1) is 0 Å². The minimum Gasteiger partial charge on any atom is -0.496 e. The topological polar surface area (TPSA) is 18.5 Å². The molecule has 3 atom stereocenters. The zero-order valence-electron chi connectivity index (χ0n) is 21.6. The van der Waals surface area contributed by atoms with Gasteiger partial charge in [-0.2, -0.15) is 0 Å². The first-order chi connectivity index (χ1) is 17.5. The third-order valence-electron chi connectivity index (χ3n) is 7.06. The Kier molecular flexibility index (Phi) is 9.08. The molecule has 4 rings (SSSR count). The first-order valence-corrected chi connectivity index (χ1v) is 13.8. The molecule has 0 fully saturated rings. The predicted octanol–water partition coefficient (Wildman–Crippen LogP) is 8.92. The van der Waals surface area contributed by atoms with Crippen LogP contribution in [-0.2, 0) is 12.8 Å². The smallest absolute Gasteiger partial charge is 0.122 e. The third-order valence-corrected chi connectivity index (χ3v) is 8.22. The van der Waals surface area contributed by atoms with Gasteiger partial charge in [0.25, 0.3) is 0 Å². The number of benzene rings is 4. The van der Waals surface area contributed by atoms with Crippen LogP contribution in [0.5, 0.6) is 11.5 Å². The molecule has 0 amide bonds. The molecule has 0 aliphatic rings. The summed E-state index contributed by atoms with van der Waals surface area (Å²) in [5.41, 5.74) is 7.80. The van der Waals surface area contributed by atoms with Crippen molar-refractivity contribution in [2.75, 3.05) is 14.2 Å². The molecule has 0 radical (unpaired) electrons. The van der Waals surface area contributed by atoms with Gasteiger partial charge in [0.1, 0.15) is 11.5 Å². The van der Waals surface area contributed by atoms with E-state index in [-0.39, 0.29) is 0 Å². The molecule has 0 aliphatic carbocycles. The number of alkyl halides is 1. The summed E-state index contributed by atoms with van der Waals surface area (Å²) in [5, 5.41) is 0. The fourth-order valence-corrected chi connectivity index (χ4v) is 5.74. The number of hydrogen-bond donors (Lipinski definition) is 0. The van der Waals surface area contributed by atoms with E-state index in [9.17, 15) is 0 Å². The average molecular weight is 591 g/mol. The molecule has 186 valence electrons. The third kappa shape index (κ3) is 6.31. The van der Waals surface area contributed by atoms with Crippen LogP contribution in [0.2, 0.25) is 0 Å². The highest BCUT2D eigenvalue weighted by molar-refractivity contribution is 14.1. The Morgan fingerprint density at radius 2 is 1.25 bits per heavy atom. The van der Waals surface area contributed by atoms with E-state index in [1.54, 1.807) is 14.2 Å². The molecule has 0 saturated carbocycles. The van der Waals surface area contributed by atoms with E-state index in [0.717, 1.165) is 24.3 Å². The summed E-state index contributed by atoms with van der Waals surface area (Å²) in [5.74, 6) is 2.62. The van der Waals surface area contributed by atoms with Crippen molar-refractivity contribution in [3.63, 3.8) is 0 Å². The lowest BCUT2D eigenvalue weighted by molar-refractivity contribution is 0.401. The lowest BCUT2D eigenvalue weighted by atomic mass is 9.91. The zero-order valence-corrected chi connectivity index (χ0v) is 23.7. The molecule has 0 bridgehead atoms. The molecule has 2 nitrogen and oxygen atoms in total. The van der Waals surface area contributed by atoms with Crippen LogP contribution >= 0.6 is 22.6 Å². The van der Waals surface area contributed by atoms with Crippen molar-refractivity contribution < 1.29 is 9.47 Å². The summed E-state index contributed by atoms with van der Waals surface area (Å²) >= 11 is 2.56. The summed E-state index contributed by atoms with van der Waals surface area (Å²) in [6, 6.07) is 34.8. The van der Waals surface area contributed by atoms with Crippen LogP contribution in [-0.4, -0.2) is 14.2 Å². The SMILES string of the molecule is COc1cc(C(I)Cc2ccc(C(C)c3ccccc3)cc2)ccc1CC(C)c1ccccc1OC. The molecule has 0 N–H and O–H groups in total. The van der Waals surface area contributed by atoms with Gasteiger partial charge in [-0.3, -0.25) is 0 Å². The summed E-state index contributed by atoms with van der Waals surface area (Å²) in [6.45, 7) is 4.52. The van der Waals surface area contributed by atoms with Gasteiger partial charge in [0.2, 0.25) is 0 Å². The molecule has 36 heavy (non-hydrogen) atoms. The Morgan fingerprint density at radius 3 is 1.94 bits per heavy atom. The number of halogens is 1. The molecule has 4 aromatic rings. The minimum atomic E-state index is 0.327. The van der Waals surface area contributed by atoms with Crippen LogP contribution in [0.3, 0.4) is 0 Å². The second-order valence-corrected chi connectivity index (χ2v) is 11.0. The van der Waals surface area contributed by atoms with Crippen molar-refractivity contribution in [1.29, 1.82) is 0 Å². The maximum absolute atomic E-state index is 5.83. The van der Waals surface area contributed by atoms with Gasteiger partial charge in [0, 0.05) is 9.84 Å². The van der Waals surface area contributed by atoms with E-state index in [1.165, 1.54) is 33.4 Å². The highest BCUT2D eigenvalue weighted by Crippen LogP contribution is 2.35. The van der Waals surface area contributed by atoms with Crippen molar-refractivity contribution >= 4 is 22.6 Å². The Balaban J connectivity index is 1.44. The van der Waals surface area contributed by atoms with Crippen LogP contribution in [0, 0.1) is 0 Å². The van der Waals surface area contributed by atoms with Crippen molar-refractivity contribution in [3.05, 3.63) is 130 Å². The van der Waals surface area contributed by atoms with E-state index in [2.05, 4.69) is 121 Å². The molecular formula is C33H35IO2. The molecule has 3 heteroatoms. The number of ether oxygens (including phenoxy) is 2. The predicted molar refractivity (Wildman–Crippen MR) is 159 cm³/mol. The molecule has 3 unspecified atom stereocenters. The van der Waals surface area contributed by atoms with Crippen LogP contribution in [0.25, 0.3) is 0 Å². The van der Waals surface area contributed by atoms with E-state index >= 15 is 0 Å². The Hall–Kier alpha value is -2.79. The standard InChI is InChI=1S/C33H35IO2/c1-23(30-12-8-9-13-32(30)35-3)20-29-19-18-28(22-33(29)36-4)31(34)21-25-14-16-27(17-15-25)24(2)26-10-6-5-7-11-26/h5-19,22-24,31H,20-21H2,1-4H3. The van der Waals surface area contributed by atoms with Gasteiger partial charge < -0.3 is 9.47 Å².